The molecule has 0 N–H and O–H groups in total. The van der Waals surface area contributed by atoms with Gasteiger partial charge in [0.1, 0.15) is 9.75 Å². The molecule has 0 aromatic heterocycles. The van der Waals surface area contributed by atoms with Crippen LogP contribution in [0.4, 0.5) is 0 Å². The average molecular weight is 541 g/mol. The van der Waals surface area contributed by atoms with Gasteiger partial charge >= 0.3 is 0 Å². The Kier molecular flexibility index (Phi) is 4.97. The zero-order chi connectivity index (χ0) is 15.8. The van der Waals surface area contributed by atoms with E-state index in [1.165, 1.54) is 0 Å². The van der Waals surface area contributed by atoms with Crippen LogP contribution in [0.15, 0.2) is 10.1 Å². The smallest absolute Gasteiger partial charge is 0.109 e. The Morgan fingerprint density at radius 2 is 1.05 bits per heavy atom. The lowest BCUT2D eigenvalue weighted by Gasteiger charge is -2.39. The van der Waals surface area contributed by atoms with Crippen LogP contribution in [0.25, 0.3) is 0 Å². The van der Waals surface area contributed by atoms with Crippen molar-refractivity contribution in [2.75, 3.05) is 0 Å². The second-order valence-electron chi connectivity index (χ2n) is 6.03. The third-order valence-corrected chi connectivity index (χ3v) is 12.4. The molecular formula is C13H12Br2Cl6. The molecule has 8 heteroatoms. The molecule has 0 saturated heterocycles. The van der Waals surface area contributed by atoms with Crippen molar-refractivity contribution in [2.24, 2.45) is 11.8 Å². The number of hydrogen-bond acceptors (Lipinski definition) is 0. The lowest BCUT2D eigenvalue weighted by atomic mass is 9.75. The van der Waals surface area contributed by atoms with E-state index in [-0.39, 0.29) is 11.8 Å². The molecule has 0 amide bonds. The second-order valence-corrected chi connectivity index (χ2v) is 11.7. The molecule has 0 heterocycles. The molecule has 21 heavy (non-hydrogen) atoms. The fourth-order valence-corrected chi connectivity index (χ4v) is 8.25. The van der Waals surface area contributed by atoms with Crippen LogP contribution >= 0.6 is 101 Å². The first-order valence-electron chi connectivity index (χ1n) is 6.70. The summed E-state index contributed by atoms with van der Waals surface area (Å²) >= 11 is 47.2. The van der Waals surface area contributed by atoms with E-state index in [0.717, 1.165) is 25.7 Å². The number of allylic oxidation sites excluding steroid dienone is 2. The van der Waals surface area contributed by atoms with Gasteiger partial charge in [-0.3, -0.25) is 0 Å². The lowest BCUT2D eigenvalue weighted by Crippen LogP contribution is -2.44. The van der Waals surface area contributed by atoms with Gasteiger partial charge in [-0.25, -0.2) is 0 Å². The monoisotopic (exact) mass is 536 g/mol. The summed E-state index contributed by atoms with van der Waals surface area (Å²) in [6, 6.07) is 0. The van der Waals surface area contributed by atoms with Gasteiger partial charge in [0.25, 0.3) is 0 Å². The second kappa shape index (κ2) is 5.73. The van der Waals surface area contributed by atoms with Gasteiger partial charge in [-0.2, -0.15) is 0 Å². The number of alkyl halides is 6. The van der Waals surface area contributed by atoms with E-state index in [1.54, 1.807) is 0 Å². The topological polar surface area (TPSA) is 0 Å². The predicted octanol–water partition coefficient (Wildman–Crippen LogP) is 7.17. The van der Waals surface area contributed by atoms with Crippen LogP contribution in [0, 0.1) is 11.8 Å². The van der Waals surface area contributed by atoms with Gasteiger partial charge in [-0.05, 0) is 37.5 Å². The van der Waals surface area contributed by atoms with Crippen LogP contribution in [-0.4, -0.2) is 23.7 Å². The normalized spacial score (nSPS) is 52.6. The molecule has 2 saturated carbocycles. The van der Waals surface area contributed by atoms with Crippen molar-refractivity contribution in [2.45, 2.75) is 49.4 Å². The van der Waals surface area contributed by atoms with Crippen molar-refractivity contribution in [3.05, 3.63) is 10.1 Å². The number of fused-ring (bicyclic) bond motifs is 5. The molecule has 0 aliphatic heterocycles. The van der Waals surface area contributed by atoms with E-state index in [4.69, 9.17) is 69.6 Å². The molecule has 0 aromatic carbocycles. The van der Waals surface area contributed by atoms with Gasteiger partial charge in [0.2, 0.25) is 0 Å². The molecule has 3 aliphatic carbocycles. The van der Waals surface area contributed by atoms with Gasteiger partial charge in [-0.15, -0.1) is 23.2 Å². The molecule has 0 nitrogen and oxygen atoms in total. The molecule has 4 unspecified atom stereocenters. The number of halogens is 8. The summed E-state index contributed by atoms with van der Waals surface area (Å²) in [5, 5.41) is 0.628. The first-order chi connectivity index (χ1) is 9.60. The predicted molar refractivity (Wildman–Crippen MR) is 101 cm³/mol. The Labute approximate surface area is 171 Å². The fraction of sp³-hybridized carbons (Fsp3) is 0.846. The van der Waals surface area contributed by atoms with Crippen LogP contribution in [0.3, 0.4) is 0 Å². The Hall–Kier alpha value is 2.44. The number of rotatable bonds is 0. The lowest BCUT2D eigenvalue weighted by molar-refractivity contribution is 0.264. The Bertz CT molecular complexity index is 467. The molecule has 0 aromatic rings. The number of hydrogen-bond donors (Lipinski definition) is 0. The molecule has 0 spiro atoms. The molecular weight excluding hydrogens is 529 g/mol. The Morgan fingerprint density at radius 1 is 0.714 bits per heavy atom. The summed E-state index contributed by atoms with van der Waals surface area (Å²) in [6.07, 6.45) is 3.60. The summed E-state index contributed by atoms with van der Waals surface area (Å²) in [5.41, 5.74) is 0. The van der Waals surface area contributed by atoms with Crippen molar-refractivity contribution >= 4 is 101 Å². The zero-order valence-corrected chi connectivity index (χ0v) is 18.4. The highest BCUT2D eigenvalue weighted by molar-refractivity contribution is 9.12. The molecule has 6 atom stereocenters. The van der Waals surface area contributed by atoms with Gasteiger partial charge < -0.3 is 0 Å². The standard InChI is InChI=1S/C13H12Br2Cl6/c14-7-3-1-5-6(2-4-8(7)15)12(19)10(17)9(16)11(5,18)13(12,20)21/h5-8H,1-4H2/t5?,6?,7?,8?,11-,12+. The van der Waals surface area contributed by atoms with Crippen molar-refractivity contribution in [3.63, 3.8) is 0 Å². The summed E-state index contributed by atoms with van der Waals surface area (Å²) in [5.74, 6) is 0.0310. The van der Waals surface area contributed by atoms with E-state index >= 15 is 0 Å². The third kappa shape index (κ3) is 2.12. The van der Waals surface area contributed by atoms with Crippen LogP contribution in [0.5, 0.6) is 0 Å². The van der Waals surface area contributed by atoms with Crippen molar-refractivity contribution in [1.29, 1.82) is 0 Å². The highest BCUT2D eigenvalue weighted by Crippen LogP contribution is 2.77. The molecule has 3 aliphatic rings. The molecule has 2 bridgehead atoms. The summed E-state index contributed by atoms with van der Waals surface area (Å²) in [4.78, 5) is -1.45. The van der Waals surface area contributed by atoms with Gasteiger partial charge in [0.15, 0.2) is 4.33 Å². The maximum Gasteiger partial charge on any atom is 0.166 e. The molecule has 3 rings (SSSR count). The highest BCUT2D eigenvalue weighted by Gasteiger charge is 2.81. The third-order valence-electron chi connectivity index (χ3n) is 5.15. The first-order valence-corrected chi connectivity index (χ1v) is 10.8. The SMILES string of the molecule is ClC1=C(Cl)[C@]2(Cl)C3CCC(Br)C(Br)CCC3[C@@]1(Cl)C2(Cl)Cl. The van der Waals surface area contributed by atoms with E-state index in [9.17, 15) is 0 Å². The quantitative estimate of drug-likeness (QED) is 0.286. The van der Waals surface area contributed by atoms with E-state index < -0.39 is 14.1 Å². The van der Waals surface area contributed by atoms with Gasteiger partial charge in [-0.1, -0.05) is 78.3 Å². The highest BCUT2D eigenvalue weighted by atomic mass is 79.9. The van der Waals surface area contributed by atoms with Crippen molar-refractivity contribution in [1.82, 2.24) is 0 Å². The largest absolute Gasteiger partial charge is 0.166 e. The van der Waals surface area contributed by atoms with E-state index in [1.807, 2.05) is 0 Å². The zero-order valence-electron chi connectivity index (χ0n) is 10.7. The van der Waals surface area contributed by atoms with Crippen LogP contribution in [-0.2, 0) is 0 Å². The molecule has 2 fully saturated rings. The maximum atomic E-state index is 6.86. The Morgan fingerprint density at radius 3 is 1.38 bits per heavy atom. The van der Waals surface area contributed by atoms with Gasteiger partial charge in [0, 0.05) is 9.65 Å². The maximum absolute atomic E-state index is 6.86. The minimum absolute atomic E-state index is 0.0155. The first kappa shape index (κ1) is 18.2. The minimum atomic E-state index is -1.40. The van der Waals surface area contributed by atoms with E-state index in [2.05, 4.69) is 31.9 Å². The fourth-order valence-electron chi connectivity index (χ4n) is 4.04. The minimum Gasteiger partial charge on any atom is -0.109 e. The van der Waals surface area contributed by atoms with Crippen LogP contribution in [0.2, 0.25) is 0 Å². The Balaban J connectivity index is 2.10. The van der Waals surface area contributed by atoms with Crippen LogP contribution < -0.4 is 0 Å². The average Bonchev–Trinajstić information content (AvgIpc) is 2.61. The summed E-state index contributed by atoms with van der Waals surface area (Å²) in [7, 11) is 0. The van der Waals surface area contributed by atoms with Crippen LogP contribution in [0.1, 0.15) is 25.7 Å². The van der Waals surface area contributed by atoms with Gasteiger partial charge in [0.05, 0.1) is 10.1 Å². The molecule has 0 radical (unpaired) electrons. The molecule has 120 valence electrons. The summed E-state index contributed by atoms with van der Waals surface area (Å²) in [6.45, 7) is 0. The summed E-state index contributed by atoms with van der Waals surface area (Å²) < 4.78 is -1.40. The van der Waals surface area contributed by atoms with Crippen molar-refractivity contribution in [3.8, 4) is 0 Å². The van der Waals surface area contributed by atoms with Crippen molar-refractivity contribution < 1.29 is 0 Å². The van der Waals surface area contributed by atoms with E-state index in [0.29, 0.717) is 19.7 Å².